The number of nitrogen functional groups attached to an aromatic ring is 1. The Hall–Kier alpha value is -3.71. The lowest BCUT2D eigenvalue weighted by molar-refractivity contribution is 0.103. The normalized spacial score (nSPS) is 14.5. The Bertz CT molecular complexity index is 1290. The number of nitrogens with one attached hydrogen (secondary N) is 1. The average molecular weight is 427 g/mol. The molecule has 3 aromatic heterocycles. The number of carbonyl (C=O) groups excluding carboxylic acids is 1. The van der Waals surface area contributed by atoms with Gasteiger partial charge in [0.2, 0.25) is 5.78 Å². The number of nitrogens with zero attached hydrogens (tertiary/aromatic N) is 4. The number of benzene rings is 1. The predicted molar refractivity (Wildman–Crippen MR) is 128 cm³/mol. The Morgan fingerprint density at radius 2 is 1.97 bits per heavy atom. The summed E-state index contributed by atoms with van der Waals surface area (Å²) >= 11 is 0. The molecule has 4 aromatic rings. The van der Waals surface area contributed by atoms with Gasteiger partial charge in [0.1, 0.15) is 17.3 Å². The second kappa shape index (κ2) is 8.43. The fraction of sp³-hybridized carbons (Fsp3) is 0.240. The van der Waals surface area contributed by atoms with Gasteiger partial charge in [-0.05, 0) is 37.2 Å². The van der Waals surface area contributed by atoms with Gasteiger partial charge in [0.05, 0.1) is 5.56 Å². The topological polar surface area (TPSA) is 89.1 Å². The molecule has 0 saturated carbocycles. The van der Waals surface area contributed by atoms with Crippen LogP contribution in [-0.2, 0) is 7.05 Å². The van der Waals surface area contributed by atoms with Gasteiger partial charge in [-0.3, -0.25) is 4.79 Å². The molecule has 0 unspecified atom stereocenters. The first-order valence-corrected chi connectivity index (χ1v) is 10.9. The second-order valence-electron chi connectivity index (χ2n) is 8.13. The van der Waals surface area contributed by atoms with Crippen molar-refractivity contribution < 1.29 is 4.79 Å². The van der Waals surface area contributed by atoms with Gasteiger partial charge in [-0.25, -0.2) is 9.97 Å². The van der Waals surface area contributed by atoms with Crippen molar-refractivity contribution in [3.8, 4) is 11.1 Å². The number of carbonyl (C=O) groups is 1. The van der Waals surface area contributed by atoms with Crippen LogP contribution in [0.3, 0.4) is 0 Å². The minimum Gasteiger partial charge on any atom is -0.383 e. The van der Waals surface area contributed by atoms with Crippen LogP contribution >= 0.6 is 0 Å². The molecular weight excluding hydrogens is 400 g/mol. The lowest BCUT2D eigenvalue weighted by atomic mass is 10.0. The molecule has 1 aliphatic heterocycles. The summed E-state index contributed by atoms with van der Waals surface area (Å²) in [5.74, 6) is 0.813. The van der Waals surface area contributed by atoms with E-state index in [0.29, 0.717) is 11.3 Å². The first kappa shape index (κ1) is 20.2. The summed E-state index contributed by atoms with van der Waals surface area (Å²) in [5, 5.41) is 4.50. The number of nitrogens with two attached hydrogens (primary N) is 1. The van der Waals surface area contributed by atoms with E-state index in [2.05, 4.69) is 43.1 Å². The van der Waals surface area contributed by atoms with Crippen LogP contribution in [0.15, 0.2) is 60.9 Å². The van der Waals surface area contributed by atoms with E-state index in [0.717, 1.165) is 60.4 Å². The number of rotatable bonds is 4. The molecule has 1 saturated heterocycles. The molecule has 4 heterocycles. The molecule has 32 heavy (non-hydrogen) atoms. The maximum Gasteiger partial charge on any atom is 0.215 e. The predicted octanol–water partition coefficient (Wildman–Crippen LogP) is 3.25. The molecule has 7 heteroatoms. The molecule has 0 radical (unpaired) electrons. The lowest BCUT2D eigenvalue weighted by Gasteiger charge is -2.21. The van der Waals surface area contributed by atoms with Crippen LogP contribution < -0.4 is 16.0 Å². The smallest absolute Gasteiger partial charge is 0.215 e. The summed E-state index contributed by atoms with van der Waals surface area (Å²) in [6, 6.07) is 15.6. The van der Waals surface area contributed by atoms with Crippen molar-refractivity contribution in [3.05, 3.63) is 72.2 Å². The fourth-order valence-electron chi connectivity index (χ4n) is 4.31. The summed E-state index contributed by atoms with van der Waals surface area (Å²) in [6.07, 6.45) is 4.82. The summed E-state index contributed by atoms with van der Waals surface area (Å²) in [5.41, 5.74) is 9.88. The summed E-state index contributed by atoms with van der Waals surface area (Å²) < 4.78 is 2.07. The van der Waals surface area contributed by atoms with Crippen molar-refractivity contribution in [2.75, 3.05) is 36.8 Å². The van der Waals surface area contributed by atoms with Crippen LogP contribution in [0.4, 0.5) is 11.6 Å². The van der Waals surface area contributed by atoms with E-state index >= 15 is 0 Å². The molecule has 7 nitrogen and oxygen atoms in total. The van der Waals surface area contributed by atoms with Gasteiger partial charge in [0, 0.05) is 61.1 Å². The van der Waals surface area contributed by atoms with Crippen molar-refractivity contribution in [1.29, 1.82) is 0 Å². The summed E-state index contributed by atoms with van der Waals surface area (Å²) in [6.45, 7) is 3.69. The van der Waals surface area contributed by atoms with Crippen LogP contribution in [0.5, 0.6) is 0 Å². The van der Waals surface area contributed by atoms with Crippen LogP contribution in [0.25, 0.3) is 22.0 Å². The average Bonchev–Trinajstić information content (AvgIpc) is 2.99. The van der Waals surface area contributed by atoms with Crippen molar-refractivity contribution in [2.45, 2.75) is 6.42 Å². The molecule has 5 rings (SSSR count). The molecular formula is C25H26N6O. The van der Waals surface area contributed by atoms with Gasteiger partial charge in [0.15, 0.2) is 0 Å². The fourth-order valence-corrected chi connectivity index (χ4v) is 4.31. The standard InChI is InChI=1S/C25H26N6O/c1-30-16-20(18-6-2-3-8-22(18)30)17-14-19(25(26)28-15-17)24(32)21-7-4-9-23(29-21)31-12-5-10-27-11-13-31/h2-4,6-9,14-16,27H,5,10-13H2,1H3,(H2,26,28). The Morgan fingerprint density at radius 1 is 1.09 bits per heavy atom. The van der Waals surface area contributed by atoms with E-state index in [1.54, 1.807) is 12.3 Å². The van der Waals surface area contributed by atoms with Crippen molar-refractivity contribution >= 4 is 28.3 Å². The van der Waals surface area contributed by atoms with Crippen LogP contribution in [0.1, 0.15) is 22.5 Å². The van der Waals surface area contributed by atoms with E-state index in [-0.39, 0.29) is 11.6 Å². The molecule has 1 aromatic carbocycles. The first-order chi connectivity index (χ1) is 15.6. The zero-order valence-corrected chi connectivity index (χ0v) is 18.1. The van der Waals surface area contributed by atoms with Gasteiger partial charge in [-0.2, -0.15) is 0 Å². The van der Waals surface area contributed by atoms with Crippen molar-refractivity contribution in [1.82, 2.24) is 19.9 Å². The molecule has 0 amide bonds. The summed E-state index contributed by atoms with van der Waals surface area (Å²) in [4.78, 5) is 24.6. The number of hydrogen-bond donors (Lipinski definition) is 2. The Morgan fingerprint density at radius 3 is 2.88 bits per heavy atom. The zero-order valence-electron chi connectivity index (χ0n) is 18.1. The van der Waals surface area contributed by atoms with Crippen molar-refractivity contribution in [2.24, 2.45) is 7.05 Å². The molecule has 1 fully saturated rings. The first-order valence-electron chi connectivity index (χ1n) is 10.9. The number of fused-ring (bicyclic) bond motifs is 1. The van der Waals surface area contributed by atoms with E-state index in [4.69, 9.17) is 5.73 Å². The second-order valence-corrected chi connectivity index (χ2v) is 8.13. The molecule has 0 atom stereocenters. The molecule has 0 aliphatic carbocycles. The van der Waals surface area contributed by atoms with Crippen LogP contribution in [0, 0.1) is 0 Å². The molecule has 1 aliphatic rings. The quantitative estimate of drug-likeness (QED) is 0.487. The van der Waals surface area contributed by atoms with Gasteiger partial charge in [0.25, 0.3) is 0 Å². The maximum atomic E-state index is 13.4. The molecule has 3 N–H and O–H groups in total. The number of para-hydroxylation sites is 1. The van der Waals surface area contributed by atoms with Gasteiger partial charge in [-0.1, -0.05) is 24.3 Å². The van der Waals surface area contributed by atoms with E-state index < -0.39 is 0 Å². The highest BCUT2D eigenvalue weighted by atomic mass is 16.1. The van der Waals surface area contributed by atoms with E-state index in [9.17, 15) is 4.79 Å². The van der Waals surface area contributed by atoms with Gasteiger partial charge < -0.3 is 20.5 Å². The minimum atomic E-state index is -0.216. The number of pyridine rings is 2. The highest BCUT2D eigenvalue weighted by molar-refractivity contribution is 6.11. The largest absolute Gasteiger partial charge is 0.383 e. The van der Waals surface area contributed by atoms with Gasteiger partial charge in [-0.15, -0.1) is 0 Å². The molecule has 162 valence electrons. The number of anilines is 2. The highest BCUT2D eigenvalue weighted by Gasteiger charge is 2.19. The third-order valence-electron chi connectivity index (χ3n) is 6.00. The van der Waals surface area contributed by atoms with E-state index in [1.807, 2.05) is 37.4 Å². The summed E-state index contributed by atoms with van der Waals surface area (Å²) in [7, 11) is 2.01. The lowest BCUT2D eigenvalue weighted by Crippen LogP contribution is -2.29. The SMILES string of the molecule is Cn1cc(-c2cnc(N)c(C(=O)c3cccc(N4CCCNCC4)n3)c2)c2ccccc21. The third-order valence-corrected chi connectivity index (χ3v) is 6.00. The van der Waals surface area contributed by atoms with Gasteiger partial charge >= 0.3 is 0 Å². The number of aromatic nitrogens is 3. The number of hydrogen-bond acceptors (Lipinski definition) is 6. The minimum absolute atomic E-state index is 0.213. The highest BCUT2D eigenvalue weighted by Crippen LogP contribution is 2.31. The number of aryl methyl sites for hydroxylation is 1. The zero-order chi connectivity index (χ0) is 22.1. The van der Waals surface area contributed by atoms with Crippen LogP contribution in [0.2, 0.25) is 0 Å². The Labute approximate surface area is 186 Å². The molecule has 0 bridgehead atoms. The Kier molecular flexibility index (Phi) is 5.33. The Balaban J connectivity index is 1.51. The monoisotopic (exact) mass is 426 g/mol. The van der Waals surface area contributed by atoms with Crippen LogP contribution in [-0.4, -0.2) is 46.5 Å². The third kappa shape index (κ3) is 3.71. The molecule has 0 spiro atoms. The maximum absolute atomic E-state index is 13.4. The number of ketones is 1. The van der Waals surface area contributed by atoms with Crippen molar-refractivity contribution in [3.63, 3.8) is 0 Å². The van der Waals surface area contributed by atoms with E-state index in [1.165, 1.54) is 0 Å².